The largest absolute Gasteiger partial charge is 0.464 e. The van der Waals surface area contributed by atoms with Crippen molar-refractivity contribution in [1.82, 2.24) is 9.55 Å². The van der Waals surface area contributed by atoms with Gasteiger partial charge in [-0.1, -0.05) is 11.3 Å². The van der Waals surface area contributed by atoms with Crippen molar-refractivity contribution in [3.05, 3.63) is 28.5 Å². The second-order valence-electron chi connectivity index (χ2n) is 6.73. The topological polar surface area (TPSA) is 112 Å². The van der Waals surface area contributed by atoms with Crippen LogP contribution in [0, 0.1) is 6.92 Å². The first-order valence-corrected chi connectivity index (χ1v) is 8.85. The minimum atomic E-state index is -0.644. The van der Waals surface area contributed by atoms with Crippen molar-refractivity contribution in [3.63, 3.8) is 0 Å². The molecule has 10 heteroatoms. The number of esters is 1. The molecule has 2 aromatic heterocycles. The highest BCUT2D eigenvalue weighted by Crippen LogP contribution is 2.25. The predicted molar refractivity (Wildman–Crippen MR) is 101 cm³/mol. The molecule has 2 amide bonds. The summed E-state index contributed by atoms with van der Waals surface area (Å²) in [6.45, 7) is 6.92. The Labute approximate surface area is 160 Å². The molecule has 0 spiro atoms. The minimum Gasteiger partial charge on any atom is -0.464 e. The number of nitrogens with one attached hydrogen (secondary N) is 2. The molecule has 0 aliphatic carbocycles. The van der Waals surface area contributed by atoms with Crippen molar-refractivity contribution < 1.29 is 23.9 Å². The Balaban J connectivity index is 2.10. The third-order valence-corrected chi connectivity index (χ3v) is 4.34. The number of rotatable bonds is 4. The third-order valence-electron chi connectivity index (χ3n) is 3.27. The molecule has 0 aromatic carbocycles. The molecule has 27 heavy (non-hydrogen) atoms. The number of thiazole rings is 1. The lowest BCUT2D eigenvalue weighted by atomic mass is 10.2. The van der Waals surface area contributed by atoms with Gasteiger partial charge in [-0.05, 0) is 33.8 Å². The van der Waals surface area contributed by atoms with E-state index in [9.17, 15) is 14.4 Å². The van der Waals surface area contributed by atoms with Crippen LogP contribution < -0.4 is 10.6 Å². The highest BCUT2D eigenvalue weighted by atomic mass is 32.1. The van der Waals surface area contributed by atoms with Gasteiger partial charge < -0.3 is 19.4 Å². The van der Waals surface area contributed by atoms with Crippen LogP contribution in [-0.2, 0) is 16.5 Å². The number of ether oxygens (including phenoxy) is 2. The number of aromatic nitrogens is 2. The summed E-state index contributed by atoms with van der Waals surface area (Å²) in [5.41, 5.74) is 0.576. The molecule has 0 unspecified atom stereocenters. The fourth-order valence-electron chi connectivity index (χ4n) is 2.18. The van der Waals surface area contributed by atoms with Crippen LogP contribution in [0.5, 0.6) is 0 Å². The van der Waals surface area contributed by atoms with E-state index < -0.39 is 23.6 Å². The number of nitrogens with zero attached hydrogens (tertiary/aromatic N) is 2. The molecule has 0 aliphatic heterocycles. The number of aryl methyl sites for hydroxylation is 2. The van der Waals surface area contributed by atoms with E-state index in [0.29, 0.717) is 22.0 Å². The van der Waals surface area contributed by atoms with Gasteiger partial charge >= 0.3 is 12.1 Å². The monoisotopic (exact) mass is 394 g/mol. The maximum Gasteiger partial charge on any atom is 0.413 e. The van der Waals surface area contributed by atoms with Gasteiger partial charge in [-0.25, -0.2) is 14.6 Å². The summed E-state index contributed by atoms with van der Waals surface area (Å²) in [6.07, 6.45) is 0.953. The smallest absolute Gasteiger partial charge is 0.413 e. The second kappa shape index (κ2) is 7.78. The average molecular weight is 394 g/mol. The Morgan fingerprint density at radius 1 is 1.22 bits per heavy atom. The van der Waals surface area contributed by atoms with Crippen LogP contribution in [0.1, 0.15) is 46.6 Å². The lowest BCUT2D eigenvalue weighted by Gasteiger charge is -2.18. The fraction of sp³-hybridized carbons (Fsp3) is 0.412. The van der Waals surface area contributed by atoms with E-state index in [1.54, 1.807) is 45.5 Å². The van der Waals surface area contributed by atoms with Crippen LogP contribution in [0.2, 0.25) is 0 Å². The standard InChI is InChI=1S/C17H22N4O5S/c1-9-12(27-15(18-9)20-16(24)26-17(2,3)4)13(22)19-10-7-11(14(23)25-6)21(5)8-10/h7-8H,1-6H3,(H,19,22)(H,18,20,24). The summed E-state index contributed by atoms with van der Waals surface area (Å²) in [7, 11) is 2.95. The number of carbonyl (C=O) groups excluding carboxylic acids is 3. The van der Waals surface area contributed by atoms with E-state index in [1.807, 2.05) is 0 Å². The first-order valence-electron chi connectivity index (χ1n) is 8.03. The molecule has 0 bridgehead atoms. The molecular formula is C17H22N4O5S. The highest BCUT2D eigenvalue weighted by molar-refractivity contribution is 7.17. The number of anilines is 2. The van der Waals surface area contributed by atoms with Crippen LogP contribution in [0.3, 0.4) is 0 Å². The quantitative estimate of drug-likeness (QED) is 0.771. The SMILES string of the molecule is COC(=O)c1cc(NC(=O)c2sc(NC(=O)OC(C)(C)C)nc2C)cn1C. The van der Waals surface area contributed by atoms with Crippen LogP contribution in [0.4, 0.5) is 15.6 Å². The van der Waals surface area contributed by atoms with Gasteiger partial charge in [0.05, 0.1) is 18.5 Å². The zero-order valence-corrected chi connectivity index (χ0v) is 16.8. The van der Waals surface area contributed by atoms with Crippen molar-refractivity contribution in [2.75, 3.05) is 17.7 Å². The number of hydrogen-bond donors (Lipinski definition) is 2. The summed E-state index contributed by atoms with van der Waals surface area (Å²) >= 11 is 1.03. The number of amides is 2. The number of carbonyl (C=O) groups is 3. The van der Waals surface area contributed by atoms with Gasteiger partial charge in [0, 0.05) is 13.2 Å². The van der Waals surface area contributed by atoms with E-state index in [0.717, 1.165) is 11.3 Å². The van der Waals surface area contributed by atoms with Crippen molar-refractivity contribution in [3.8, 4) is 0 Å². The van der Waals surface area contributed by atoms with E-state index in [-0.39, 0.29) is 5.13 Å². The number of methoxy groups -OCH3 is 1. The van der Waals surface area contributed by atoms with E-state index in [4.69, 9.17) is 4.74 Å². The molecule has 2 rings (SSSR count). The molecule has 0 radical (unpaired) electrons. The Morgan fingerprint density at radius 3 is 2.48 bits per heavy atom. The minimum absolute atomic E-state index is 0.259. The molecule has 9 nitrogen and oxygen atoms in total. The highest BCUT2D eigenvalue weighted by Gasteiger charge is 2.21. The Hall–Kier alpha value is -2.88. The fourth-order valence-corrected chi connectivity index (χ4v) is 3.03. The maximum atomic E-state index is 12.5. The van der Waals surface area contributed by atoms with E-state index >= 15 is 0 Å². The van der Waals surface area contributed by atoms with Crippen LogP contribution >= 0.6 is 11.3 Å². The van der Waals surface area contributed by atoms with Gasteiger partial charge in [0.15, 0.2) is 5.13 Å². The third kappa shape index (κ3) is 5.30. The summed E-state index contributed by atoms with van der Waals surface area (Å²) in [5.74, 6) is -0.903. The van der Waals surface area contributed by atoms with Crippen LogP contribution in [0.15, 0.2) is 12.3 Å². The summed E-state index contributed by atoms with van der Waals surface area (Å²) in [4.78, 5) is 40.5. The molecule has 0 fully saturated rings. The Morgan fingerprint density at radius 2 is 1.89 bits per heavy atom. The van der Waals surface area contributed by atoms with Crippen LogP contribution in [-0.4, -0.2) is 40.2 Å². The normalized spacial score (nSPS) is 11.0. The zero-order valence-electron chi connectivity index (χ0n) is 16.0. The first kappa shape index (κ1) is 20.4. The molecule has 2 heterocycles. The average Bonchev–Trinajstić information content (AvgIpc) is 3.07. The molecule has 2 aromatic rings. The molecule has 0 aliphatic rings. The zero-order chi connectivity index (χ0) is 20.4. The summed E-state index contributed by atoms with van der Waals surface area (Å²) < 4.78 is 11.4. The van der Waals surface area contributed by atoms with Crippen molar-refractivity contribution in [2.45, 2.75) is 33.3 Å². The second-order valence-corrected chi connectivity index (χ2v) is 7.73. The summed E-state index contributed by atoms with van der Waals surface area (Å²) in [5, 5.41) is 5.48. The Bertz CT molecular complexity index is 879. The van der Waals surface area contributed by atoms with E-state index in [1.165, 1.54) is 13.2 Å². The van der Waals surface area contributed by atoms with Crippen molar-refractivity contribution in [1.29, 1.82) is 0 Å². The molecule has 0 saturated carbocycles. The van der Waals surface area contributed by atoms with Crippen molar-refractivity contribution >= 4 is 40.1 Å². The van der Waals surface area contributed by atoms with Gasteiger partial charge in [0.2, 0.25) is 0 Å². The van der Waals surface area contributed by atoms with Crippen molar-refractivity contribution in [2.24, 2.45) is 7.05 Å². The lowest BCUT2D eigenvalue weighted by molar-refractivity contribution is 0.0587. The summed E-state index contributed by atoms with van der Waals surface area (Å²) in [6, 6.07) is 1.51. The molecule has 2 N–H and O–H groups in total. The van der Waals surface area contributed by atoms with Gasteiger partial charge in [-0.3, -0.25) is 10.1 Å². The van der Waals surface area contributed by atoms with Gasteiger partial charge in [0.1, 0.15) is 16.2 Å². The lowest BCUT2D eigenvalue weighted by Crippen LogP contribution is -2.27. The molecule has 0 atom stereocenters. The molecule has 0 saturated heterocycles. The Kier molecular flexibility index (Phi) is 5.89. The molecular weight excluding hydrogens is 372 g/mol. The first-order chi connectivity index (χ1) is 12.5. The van der Waals surface area contributed by atoms with Gasteiger partial charge in [0.25, 0.3) is 5.91 Å². The van der Waals surface area contributed by atoms with E-state index in [2.05, 4.69) is 20.4 Å². The maximum absolute atomic E-state index is 12.5. The molecule has 146 valence electrons. The van der Waals surface area contributed by atoms with Gasteiger partial charge in [-0.15, -0.1) is 0 Å². The van der Waals surface area contributed by atoms with Gasteiger partial charge in [-0.2, -0.15) is 0 Å². The predicted octanol–water partition coefficient (Wildman–Crippen LogP) is 3.18. The van der Waals surface area contributed by atoms with Crippen LogP contribution in [0.25, 0.3) is 0 Å². The number of hydrogen-bond acceptors (Lipinski definition) is 7.